The van der Waals surface area contributed by atoms with E-state index >= 15 is 0 Å². The van der Waals surface area contributed by atoms with E-state index in [1.807, 2.05) is 50.3 Å². The number of carbonyl (C=O) groups is 1. The minimum Gasteiger partial charge on any atom is -0.493 e. The number of hydrogen-bond acceptors (Lipinski definition) is 5. The maximum absolute atomic E-state index is 13.0. The molecule has 6 heteroatoms. The van der Waals surface area contributed by atoms with Crippen LogP contribution in [-0.4, -0.2) is 43.3 Å². The van der Waals surface area contributed by atoms with E-state index in [1.165, 1.54) is 0 Å². The molecule has 2 aliphatic rings. The quantitative estimate of drug-likeness (QED) is 0.624. The average molecular weight is 424 g/mol. The molecule has 6 nitrogen and oxygen atoms in total. The van der Waals surface area contributed by atoms with Crippen LogP contribution in [0, 0.1) is 0 Å². The second-order valence-corrected chi connectivity index (χ2v) is 7.69. The van der Waals surface area contributed by atoms with Gasteiger partial charge < -0.3 is 23.8 Å². The zero-order valence-electron chi connectivity index (χ0n) is 18.3. The third-order valence-electron chi connectivity index (χ3n) is 5.44. The number of ether oxygens (including phenoxy) is 4. The molecule has 0 aromatic heterocycles. The van der Waals surface area contributed by atoms with Gasteiger partial charge in [0.05, 0.1) is 6.61 Å². The zero-order chi connectivity index (χ0) is 21.8. The summed E-state index contributed by atoms with van der Waals surface area (Å²) in [6, 6.07) is 9.78. The molecule has 2 heterocycles. The lowest BCUT2D eigenvalue weighted by Crippen LogP contribution is -2.29. The van der Waals surface area contributed by atoms with Gasteiger partial charge in [0, 0.05) is 42.3 Å². The Kier molecular flexibility index (Phi) is 6.35. The summed E-state index contributed by atoms with van der Waals surface area (Å²) < 4.78 is 23.1. The molecule has 0 saturated carbocycles. The maximum Gasteiger partial charge on any atom is 0.246 e. The smallest absolute Gasteiger partial charge is 0.246 e. The van der Waals surface area contributed by atoms with E-state index in [1.54, 1.807) is 11.0 Å². The molecule has 2 aliphatic heterocycles. The van der Waals surface area contributed by atoms with E-state index in [-0.39, 0.29) is 12.0 Å². The number of benzene rings is 2. The van der Waals surface area contributed by atoms with E-state index in [2.05, 4.69) is 6.92 Å². The van der Waals surface area contributed by atoms with Crippen LogP contribution in [0.2, 0.25) is 0 Å². The first-order valence-corrected chi connectivity index (χ1v) is 10.9. The van der Waals surface area contributed by atoms with Gasteiger partial charge in [0.15, 0.2) is 11.5 Å². The first-order valence-electron chi connectivity index (χ1n) is 10.9. The van der Waals surface area contributed by atoms with Crippen molar-refractivity contribution >= 4 is 12.0 Å². The Balaban J connectivity index is 1.52. The van der Waals surface area contributed by atoms with Crippen molar-refractivity contribution in [1.29, 1.82) is 0 Å². The zero-order valence-corrected chi connectivity index (χ0v) is 18.3. The second kappa shape index (κ2) is 9.33. The van der Waals surface area contributed by atoms with Crippen LogP contribution in [0.5, 0.6) is 23.0 Å². The van der Waals surface area contributed by atoms with Crippen molar-refractivity contribution < 1.29 is 23.7 Å². The monoisotopic (exact) mass is 423 g/mol. The topological polar surface area (TPSA) is 57.2 Å². The van der Waals surface area contributed by atoms with E-state index < -0.39 is 0 Å². The van der Waals surface area contributed by atoms with Gasteiger partial charge in [0.1, 0.15) is 30.8 Å². The Morgan fingerprint density at radius 1 is 1.19 bits per heavy atom. The van der Waals surface area contributed by atoms with E-state index in [0.717, 1.165) is 46.1 Å². The first kappa shape index (κ1) is 21.1. The molecule has 2 aromatic rings. The number of amides is 1. The SMILES string of the molecule is CCOc1cc2c(cc1/C=C/C(=O)N(CC)Cc1cccc3c1OCCO3)OC(C)C2. The molecule has 4 rings (SSSR count). The van der Waals surface area contributed by atoms with Crippen molar-refractivity contribution in [3.05, 3.63) is 53.1 Å². The fraction of sp³-hybridized carbons (Fsp3) is 0.400. The third-order valence-corrected chi connectivity index (χ3v) is 5.44. The standard InChI is InChI=1S/C25H29NO5/c1-4-26(16-19-7-6-8-21-25(19)30-12-11-29-21)24(27)10-9-18-14-23-20(13-17(3)31-23)15-22(18)28-5-2/h6-10,14-15,17H,4-5,11-13,16H2,1-3H3/b10-9+. The van der Waals surface area contributed by atoms with Gasteiger partial charge >= 0.3 is 0 Å². The Hall–Kier alpha value is -3.15. The van der Waals surface area contributed by atoms with Gasteiger partial charge in [0.25, 0.3) is 0 Å². The lowest BCUT2D eigenvalue weighted by atomic mass is 10.1. The molecule has 0 aliphatic carbocycles. The fourth-order valence-electron chi connectivity index (χ4n) is 3.94. The molecule has 31 heavy (non-hydrogen) atoms. The molecule has 1 amide bonds. The summed E-state index contributed by atoms with van der Waals surface area (Å²) in [5, 5.41) is 0. The molecule has 0 bridgehead atoms. The molecule has 164 valence electrons. The molecular formula is C25H29NO5. The van der Waals surface area contributed by atoms with Crippen molar-refractivity contribution in [2.45, 2.75) is 39.8 Å². The van der Waals surface area contributed by atoms with Crippen LogP contribution >= 0.6 is 0 Å². The van der Waals surface area contributed by atoms with E-state index in [9.17, 15) is 4.79 Å². The number of likely N-dealkylation sites (N-methyl/N-ethyl adjacent to an activating group) is 1. The second-order valence-electron chi connectivity index (χ2n) is 7.69. The van der Waals surface area contributed by atoms with Crippen molar-refractivity contribution in [3.63, 3.8) is 0 Å². The lowest BCUT2D eigenvalue weighted by molar-refractivity contribution is -0.126. The number of hydrogen-bond donors (Lipinski definition) is 0. The number of nitrogens with zero attached hydrogens (tertiary/aromatic N) is 1. The Labute approximate surface area is 183 Å². The minimum atomic E-state index is -0.0749. The summed E-state index contributed by atoms with van der Waals surface area (Å²) in [7, 11) is 0. The van der Waals surface area contributed by atoms with Crippen molar-refractivity contribution in [2.24, 2.45) is 0 Å². The highest BCUT2D eigenvalue weighted by molar-refractivity contribution is 5.92. The molecule has 0 spiro atoms. The van der Waals surface area contributed by atoms with Crippen LogP contribution in [0.3, 0.4) is 0 Å². The molecule has 1 atom stereocenters. The van der Waals surface area contributed by atoms with Crippen LogP contribution in [0.4, 0.5) is 0 Å². The molecule has 2 aromatic carbocycles. The number of rotatable bonds is 7. The number of para-hydroxylation sites is 1. The van der Waals surface area contributed by atoms with E-state index in [0.29, 0.717) is 32.9 Å². The molecule has 0 fully saturated rings. The van der Waals surface area contributed by atoms with Crippen LogP contribution in [-0.2, 0) is 17.8 Å². The Bertz CT molecular complexity index is 984. The normalized spacial score (nSPS) is 16.7. The largest absolute Gasteiger partial charge is 0.493 e. The van der Waals surface area contributed by atoms with E-state index in [4.69, 9.17) is 18.9 Å². The lowest BCUT2D eigenvalue weighted by Gasteiger charge is -2.24. The Morgan fingerprint density at radius 3 is 2.84 bits per heavy atom. The van der Waals surface area contributed by atoms with Crippen LogP contribution < -0.4 is 18.9 Å². The van der Waals surface area contributed by atoms with Crippen molar-refractivity contribution in [3.8, 4) is 23.0 Å². The summed E-state index contributed by atoms with van der Waals surface area (Å²) in [6.07, 6.45) is 4.43. The maximum atomic E-state index is 13.0. The fourth-order valence-corrected chi connectivity index (χ4v) is 3.94. The van der Waals surface area contributed by atoms with Gasteiger partial charge in [-0.05, 0) is 45.0 Å². The average Bonchev–Trinajstić information content (AvgIpc) is 3.14. The summed E-state index contributed by atoms with van der Waals surface area (Å²) in [4.78, 5) is 14.7. The van der Waals surface area contributed by atoms with Crippen LogP contribution in [0.1, 0.15) is 37.5 Å². The van der Waals surface area contributed by atoms with Gasteiger partial charge in [-0.25, -0.2) is 0 Å². The van der Waals surface area contributed by atoms with Crippen LogP contribution in [0.25, 0.3) is 6.08 Å². The summed E-state index contributed by atoms with van der Waals surface area (Å²) in [5.41, 5.74) is 2.93. The third kappa shape index (κ3) is 4.63. The van der Waals surface area contributed by atoms with Gasteiger partial charge in [-0.15, -0.1) is 0 Å². The molecular weight excluding hydrogens is 394 g/mol. The van der Waals surface area contributed by atoms with Gasteiger partial charge in [-0.3, -0.25) is 4.79 Å². The van der Waals surface area contributed by atoms with Crippen LogP contribution in [0.15, 0.2) is 36.4 Å². The highest BCUT2D eigenvalue weighted by atomic mass is 16.6. The molecule has 0 radical (unpaired) electrons. The number of carbonyl (C=O) groups excluding carboxylic acids is 1. The molecule has 0 saturated heterocycles. The highest BCUT2D eigenvalue weighted by Gasteiger charge is 2.22. The predicted molar refractivity (Wildman–Crippen MR) is 119 cm³/mol. The number of fused-ring (bicyclic) bond motifs is 2. The highest BCUT2D eigenvalue weighted by Crippen LogP contribution is 2.36. The summed E-state index contributed by atoms with van der Waals surface area (Å²) in [6.45, 7) is 8.63. The Morgan fingerprint density at radius 2 is 2.03 bits per heavy atom. The van der Waals surface area contributed by atoms with Crippen molar-refractivity contribution in [2.75, 3.05) is 26.4 Å². The molecule has 0 N–H and O–H groups in total. The summed E-state index contributed by atoms with van der Waals surface area (Å²) >= 11 is 0. The summed E-state index contributed by atoms with van der Waals surface area (Å²) in [5.74, 6) is 3.02. The first-order chi connectivity index (χ1) is 15.1. The van der Waals surface area contributed by atoms with Crippen molar-refractivity contribution in [1.82, 2.24) is 4.90 Å². The van der Waals surface area contributed by atoms with Gasteiger partial charge in [-0.2, -0.15) is 0 Å². The predicted octanol–water partition coefficient (Wildman–Crippen LogP) is 4.24. The van der Waals surface area contributed by atoms with Gasteiger partial charge in [0.2, 0.25) is 5.91 Å². The minimum absolute atomic E-state index is 0.0749. The molecule has 1 unspecified atom stereocenters. The van der Waals surface area contributed by atoms with Gasteiger partial charge in [-0.1, -0.05) is 12.1 Å².